The lowest BCUT2D eigenvalue weighted by molar-refractivity contribution is 0.643. The third-order valence-corrected chi connectivity index (χ3v) is 2.98. The molecule has 0 aliphatic rings. The second kappa shape index (κ2) is 5.75. The Morgan fingerprint density at radius 2 is 2.22 bits per heavy atom. The Bertz CT molecular complexity index is 97.1. The van der Waals surface area contributed by atoms with Crippen molar-refractivity contribution in [2.75, 3.05) is 0 Å². The van der Waals surface area contributed by atoms with E-state index in [4.69, 9.17) is 0 Å². The number of halogens is 1. The highest BCUT2D eigenvalue weighted by molar-refractivity contribution is 9.23. The molecule has 0 bridgehead atoms. The van der Waals surface area contributed by atoms with E-state index in [9.17, 15) is 0 Å². The second-order valence-electron chi connectivity index (χ2n) is 2.80. The van der Waals surface area contributed by atoms with Gasteiger partial charge in [0, 0.05) is 0 Å². The molecule has 0 aliphatic heterocycles. The van der Waals surface area contributed by atoms with Crippen LogP contribution in [0.15, 0.2) is 9.78 Å². The number of rotatable bonds is 3. The minimum atomic E-state index is -0.0260. The summed E-state index contributed by atoms with van der Waals surface area (Å²) in [4.78, 5) is 0. The molecule has 50 valence electrons. The molecule has 0 rings (SSSR count). The van der Waals surface area contributed by atoms with Gasteiger partial charge in [0.05, 0.1) is 0 Å². The molecule has 0 amide bonds. The summed E-state index contributed by atoms with van der Waals surface area (Å²) < 4.78 is 2.36. The van der Waals surface area contributed by atoms with Crippen molar-refractivity contribution in [3.05, 3.63) is 9.78 Å². The van der Waals surface area contributed by atoms with Gasteiger partial charge in [0.2, 0.25) is 0 Å². The van der Waals surface area contributed by atoms with Gasteiger partial charge in [0.25, 0.3) is 0 Å². The van der Waals surface area contributed by atoms with Crippen molar-refractivity contribution in [3.8, 4) is 0 Å². The smallest absolute Gasteiger partial charge is 0.297 e. The first-order chi connectivity index (χ1) is 4.16. The van der Waals surface area contributed by atoms with Gasteiger partial charge in [-0.1, -0.05) is 13.8 Å². The van der Waals surface area contributed by atoms with Gasteiger partial charge >= 0.3 is 18.2 Å². The van der Waals surface area contributed by atoms with Crippen molar-refractivity contribution in [2.45, 2.75) is 27.2 Å². The maximum absolute atomic E-state index is 3.50. The fourth-order valence-corrected chi connectivity index (χ4v) is 2.95. The molecule has 0 unspecified atom stereocenters. The Balaban J connectivity index is 3.49. The highest BCUT2D eigenvalue weighted by atomic mass is 79.9. The van der Waals surface area contributed by atoms with E-state index < -0.39 is 0 Å². The van der Waals surface area contributed by atoms with Gasteiger partial charge < -0.3 is 0 Å². The molecule has 9 heavy (non-hydrogen) atoms. The molecule has 0 saturated heterocycles. The first-order valence-electron chi connectivity index (χ1n) is 3.38. The normalized spacial score (nSPS) is 11.9. The molecule has 0 atom stereocenters. The summed E-state index contributed by atoms with van der Waals surface area (Å²) in [6.45, 7) is 6.73. The van der Waals surface area contributed by atoms with E-state index in [-0.39, 0.29) is 18.2 Å². The molecule has 0 N–H and O–H groups in total. The standard InChI is InChI=1S/C7H13.BrH.Mg/c1-6(2)5-7(3)4;;/h1,7H,5H2,2-4H3;1H;/q;;+1/p-1. The summed E-state index contributed by atoms with van der Waals surface area (Å²) >= 11 is 3.48. The fraction of sp³-hybridized carbons (Fsp3) is 0.714. The third kappa shape index (κ3) is 6.88. The molecule has 0 aromatic heterocycles. The minimum Gasteiger partial charge on any atom is -0.297 e. The van der Waals surface area contributed by atoms with Crippen LogP contribution in [0.2, 0.25) is 0 Å². The second-order valence-corrected chi connectivity index (χ2v) is 5.46. The summed E-state index contributed by atoms with van der Waals surface area (Å²) in [5.41, 5.74) is 1.55. The average Bonchev–Trinajstić information content (AvgIpc) is 1.63. The maximum atomic E-state index is 3.50. The van der Waals surface area contributed by atoms with Crippen LogP contribution in [0.4, 0.5) is 0 Å². The van der Waals surface area contributed by atoms with Crippen molar-refractivity contribution >= 4 is 31.1 Å². The van der Waals surface area contributed by atoms with Crippen LogP contribution < -0.4 is 0 Å². The van der Waals surface area contributed by atoms with Crippen LogP contribution in [0.25, 0.3) is 0 Å². The topological polar surface area (TPSA) is 0 Å². The molecule has 0 aromatic rings. The van der Waals surface area contributed by atoms with Crippen molar-refractivity contribution in [3.63, 3.8) is 0 Å². The van der Waals surface area contributed by atoms with Crippen molar-refractivity contribution in [2.24, 2.45) is 5.92 Å². The fourth-order valence-electron chi connectivity index (χ4n) is 0.859. The van der Waals surface area contributed by atoms with Crippen LogP contribution in [0, 0.1) is 5.92 Å². The Morgan fingerprint density at radius 1 is 1.67 bits per heavy atom. The van der Waals surface area contributed by atoms with E-state index in [0.29, 0.717) is 0 Å². The number of hydrogen-bond donors (Lipinski definition) is 0. The van der Waals surface area contributed by atoms with Gasteiger partial charge in [-0.05, 0) is 19.3 Å². The number of allylic oxidation sites excluding steroid dienone is 1. The highest BCUT2D eigenvalue weighted by Crippen LogP contribution is 2.08. The Morgan fingerprint density at radius 3 is 2.56 bits per heavy atom. The lowest BCUT2D eigenvalue weighted by Crippen LogP contribution is -1.88. The maximum Gasteiger partial charge on any atom is 0.498 e. The average molecular weight is 201 g/mol. The highest BCUT2D eigenvalue weighted by Gasteiger charge is 1.93. The predicted octanol–water partition coefficient (Wildman–Crippen LogP) is 2.95. The van der Waals surface area contributed by atoms with Crippen molar-refractivity contribution < 1.29 is 0 Å². The molecule has 0 radical (unpaired) electrons. The van der Waals surface area contributed by atoms with E-state index in [1.807, 2.05) is 0 Å². The molecule has 0 aliphatic carbocycles. The zero-order chi connectivity index (χ0) is 7.28. The van der Waals surface area contributed by atoms with Crippen LogP contribution >= 0.6 is 12.9 Å². The van der Waals surface area contributed by atoms with Gasteiger partial charge in [-0.2, -0.15) is 4.21 Å². The molecule has 0 spiro atoms. The zero-order valence-electron chi connectivity index (χ0n) is 6.45. The third-order valence-electron chi connectivity index (χ3n) is 1.16. The molecule has 0 aromatic carbocycles. The number of hydrogen-bond acceptors (Lipinski definition) is 0. The van der Waals surface area contributed by atoms with Gasteiger partial charge in [-0.25, -0.2) is 0 Å². The van der Waals surface area contributed by atoms with E-state index in [0.717, 1.165) is 5.92 Å². The Kier molecular flexibility index (Phi) is 6.38. The molecular weight excluding hydrogens is 188 g/mol. The van der Waals surface area contributed by atoms with Gasteiger partial charge in [-0.15, -0.1) is 5.57 Å². The molecule has 0 fully saturated rings. The van der Waals surface area contributed by atoms with Crippen LogP contribution in [0.1, 0.15) is 27.2 Å². The first kappa shape index (κ1) is 9.99. The molecule has 2 heteroatoms. The molecule has 0 saturated carbocycles. The van der Waals surface area contributed by atoms with Gasteiger partial charge in [0.1, 0.15) is 0 Å². The molecule has 0 heterocycles. The minimum absolute atomic E-state index is 0.0260. The SMILES string of the molecule is CC(=[CH][Mg][Br])CC(C)C. The van der Waals surface area contributed by atoms with Crippen molar-refractivity contribution in [1.82, 2.24) is 0 Å². The van der Waals surface area contributed by atoms with Gasteiger partial charge in [-0.3, -0.25) is 12.9 Å². The molecular formula is C7H13BrMg. The van der Waals surface area contributed by atoms with Crippen LogP contribution in [-0.2, 0) is 0 Å². The summed E-state index contributed by atoms with van der Waals surface area (Å²) in [5, 5.41) is 0. The zero-order valence-corrected chi connectivity index (χ0v) is 9.45. The summed E-state index contributed by atoms with van der Waals surface area (Å²) in [6, 6.07) is 0. The van der Waals surface area contributed by atoms with Crippen LogP contribution in [0.3, 0.4) is 0 Å². The summed E-state index contributed by atoms with van der Waals surface area (Å²) in [6.07, 6.45) is 1.26. The summed E-state index contributed by atoms with van der Waals surface area (Å²) in [7, 11) is 0. The Hall–Kier alpha value is 0.986. The Labute approximate surface area is 73.7 Å². The quantitative estimate of drug-likeness (QED) is 0.616. The van der Waals surface area contributed by atoms with Crippen LogP contribution in [-0.4, -0.2) is 18.2 Å². The van der Waals surface area contributed by atoms with E-state index >= 15 is 0 Å². The summed E-state index contributed by atoms with van der Waals surface area (Å²) in [5.74, 6) is 0.814. The van der Waals surface area contributed by atoms with E-state index in [1.54, 1.807) is 5.57 Å². The largest absolute Gasteiger partial charge is 0.498 e. The monoisotopic (exact) mass is 200 g/mol. The van der Waals surface area contributed by atoms with E-state index in [2.05, 4.69) is 37.9 Å². The van der Waals surface area contributed by atoms with E-state index in [1.165, 1.54) is 6.42 Å². The lowest BCUT2D eigenvalue weighted by Gasteiger charge is -2.03. The first-order valence-corrected chi connectivity index (χ1v) is 8.10. The van der Waals surface area contributed by atoms with Crippen LogP contribution in [0.5, 0.6) is 0 Å². The predicted molar refractivity (Wildman–Crippen MR) is 47.9 cm³/mol. The van der Waals surface area contributed by atoms with Crippen molar-refractivity contribution in [1.29, 1.82) is 0 Å². The van der Waals surface area contributed by atoms with Gasteiger partial charge in [0.15, 0.2) is 0 Å². The lowest BCUT2D eigenvalue weighted by atomic mass is 10.1. The molecule has 0 nitrogen and oxygen atoms in total.